The summed E-state index contributed by atoms with van der Waals surface area (Å²) in [4.78, 5) is 0. The lowest BCUT2D eigenvalue weighted by atomic mass is 10.2. The van der Waals surface area contributed by atoms with Crippen LogP contribution in [0.25, 0.3) is 0 Å². The molecule has 0 saturated heterocycles. The molecule has 0 aliphatic rings. The van der Waals surface area contributed by atoms with Crippen molar-refractivity contribution in [2.24, 2.45) is 0 Å². The van der Waals surface area contributed by atoms with Crippen LogP contribution in [0.15, 0.2) is 24.3 Å². The molecular weight excluding hydrogens is 204 g/mol. The highest BCUT2D eigenvalue weighted by Gasteiger charge is 2.03. The number of nitriles is 1. The summed E-state index contributed by atoms with van der Waals surface area (Å²) >= 11 is 0. The van der Waals surface area contributed by atoms with Gasteiger partial charge in [0.1, 0.15) is 0 Å². The van der Waals surface area contributed by atoms with Gasteiger partial charge < -0.3 is 15.2 Å². The second-order valence-electron chi connectivity index (χ2n) is 3.39. The summed E-state index contributed by atoms with van der Waals surface area (Å²) in [7, 11) is 0. The number of aliphatic hydroxyl groups excluding tert-OH is 1. The van der Waals surface area contributed by atoms with E-state index >= 15 is 0 Å². The van der Waals surface area contributed by atoms with Crippen molar-refractivity contribution in [2.75, 3.05) is 25.1 Å². The van der Waals surface area contributed by atoms with E-state index in [1.165, 1.54) is 0 Å². The van der Waals surface area contributed by atoms with E-state index in [1.54, 1.807) is 18.2 Å². The lowest BCUT2D eigenvalue weighted by Crippen LogP contribution is -2.24. The van der Waals surface area contributed by atoms with Crippen molar-refractivity contribution >= 4 is 5.69 Å². The van der Waals surface area contributed by atoms with Crippen molar-refractivity contribution in [2.45, 2.75) is 13.0 Å². The molecule has 1 aromatic rings. The third kappa shape index (κ3) is 4.30. The van der Waals surface area contributed by atoms with Crippen LogP contribution in [0.1, 0.15) is 12.5 Å². The second kappa shape index (κ2) is 6.83. The smallest absolute Gasteiger partial charge is 0.0992 e. The largest absolute Gasteiger partial charge is 0.389 e. The molecule has 2 N–H and O–H groups in total. The molecule has 16 heavy (non-hydrogen) atoms. The first-order valence-corrected chi connectivity index (χ1v) is 5.26. The number of hydrogen-bond acceptors (Lipinski definition) is 4. The fourth-order valence-electron chi connectivity index (χ4n) is 1.25. The van der Waals surface area contributed by atoms with Crippen LogP contribution >= 0.6 is 0 Å². The summed E-state index contributed by atoms with van der Waals surface area (Å²) in [6.45, 7) is 3.22. The van der Waals surface area contributed by atoms with Gasteiger partial charge in [0.15, 0.2) is 0 Å². The van der Waals surface area contributed by atoms with E-state index in [1.807, 2.05) is 13.0 Å². The lowest BCUT2D eigenvalue weighted by molar-refractivity contribution is 0.0496. The van der Waals surface area contributed by atoms with Crippen LogP contribution in [0.3, 0.4) is 0 Å². The third-order valence-corrected chi connectivity index (χ3v) is 2.05. The Morgan fingerprint density at radius 3 is 3.06 bits per heavy atom. The van der Waals surface area contributed by atoms with Gasteiger partial charge in [-0.2, -0.15) is 5.26 Å². The molecule has 86 valence electrons. The topological polar surface area (TPSA) is 65.3 Å². The molecule has 1 atom stereocenters. The number of anilines is 1. The Kier molecular flexibility index (Phi) is 5.34. The average molecular weight is 220 g/mol. The Morgan fingerprint density at radius 2 is 2.38 bits per heavy atom. The van der Waals surface area contributed by atoms with Crippen molar-refractivity contribution in [1.29, 1.82) is 5.26 Å². The molecule has 0 aliphatic heterocycles. The molecule has 1 aromatic carbocycles. The predicted molar refractivity (Wildman–Crippen MR) is 62.1 cm³/mol. The van der Waals surface area contributed by atoms with Crippen LogP contribution in [-0.4, -0.2) is 31.0 Å². The average Bonchev–Trinajstić information content (AvgIpc) is 2.34. The first kappa shape index (κ1) is 12.5. The normalized spacial score (nSPS) is 11.8. The Bertz CT molecular complexity index is 360. The highest BCUT2D eigenvalue weighted by Crippen LogP contribution is 2.09. The van der Waals surface area contributed by atoms with E-state index in [4.69, 9.17) is 10.00 Å². The van der Waals surface area contributed by atoms with Gasteiger partial charge in [0.05, 0.1) is 24.3 Å². The Labute approximate surface area is 95.5 Å². The van der Waals surface area contributed by atoms with Crippen molar-refractivity contribution < 1.29 is 9.84 Å². The standard InChI is InChI=1S/C12H16N2O2/c1-2-16-9-12(15)8-14-11-5-3-4-10(6-11)7-13/h3-6,12,14-15H,2,8-9H2,1H3. The SMILES string of the molecule is CCOCC(O)CNc1cccc(C#N)c1. The predicted octanol–water partition coefficient (Wildman–Crippen LogP) is 1.37. The first-order chi connectivity index (χ1) is 7.76. The number of rotatable bonds is 6. The van der Waals surface area contributed by atoms with Gasteiger partial charge in [-0.05, 0) is 25.1 Å². The Balaban J connectivity index is 2.39. The molecule has 0 aromatic heterocycles. The van der Waals surface area contributed by atoms with E-state index in [0.717, 1.165) is 5.69 Å². The van der Waals surface area contributed by atoms with E-state index in [9.17, 15) is 5.11 Å². The van der Waals surface area contributed by atoms with E-state index in [-0.39, 0.29) is 0 Å². The molecule has 0 heterocycles. The number of benzene rings is 1. The molecule has 0 aliphatic carbocycles. The Hall–Kier alpha value is -1.57. The van der Waals surface area contributed by atoms with Crippen LogP contribution in [0.5, 0.6) is 0 Å². The minimum atomic E-state index is -0.536. The summed E-state index contributed by atoms with van der Waals surface area (Å²) in [6.07, 6.45) is -0.536. The van der Waals surface area contributed by atoms with Crippen molar-refractivity contribution in [3.8, 4) is 6.07 Å². The quantitative estimate of drug-likeness (QED) is 0.760. The van der Waals surface area contributed by atoms with Gasteiger partial charge in [0.2, 0.25) is 0 Å². The zero-order valence-electron chi connectivity index (χ0n) is 9.31. The van der Waals surface area contributed by atoms with E-state index < -0.39 is 6.10 Å². The molecule has 0 bridgehead atoms. The minimum absolute atomic E-state index is 0.321. The first-order valence-electron chi connectivity index (χ1n) is 5.26. The number of nitrogens with one attached hydrogen (secondary N) is 1. The van der Waals surface area contributed by atoms with Crippen LogP contribution < -0.4 is 5.32 Å². The summed E-state index contributed by atoms with van der Waals surface area (Å²) in [5.41, 5.74) is 1.43. The second-order valence-corrected chi connectivity index (χ2v) is 3.39. The maximum Gasteiger partial charge on any atom is 0.0992 e. The molecule has 1 unspecified atom stereocenters. The monoisotopic (exact) mass is 220 g/mol. The van der Waals surface area contributed by atoms with Crippen LogP contribution in [0.2, 0.25) is 0 Å². The molecule has 0 saturated carbocycles. The summed E-state index contributed by atoms with van der Waals surface area (Å²) in [5, 5.41) is 21.3. The van der Waals surface area contributed by atoms with Gasteiger partial charge >= 0.3 is 0 Å². The summed E-state index contributed by atoms with van der Waals surface area (Å²) < 4.78 is 5.09. The summed E-state index contributed by atoms with van der Waals surface area (Å²) in [5.74, 6) is 0. The zero-order chi connectivity index (χ0) is 11.8. The molecule has 1 rings (SSSR count). The molecule has 0 radical (unpaired) electrons. The lowest BCUT2D eigenvalue weighted by Gasteiger charge is -2.12. The molecule has 4 heteroatoms. The van der Waals surface area contributed by atoms with Gasteiger partial charge in [-0.3, -0.25) is 0 Å². The molecular formula is C12H16N2O2. The van der Waals surface area contributed by atoms with Gasteiger partial charge in [-0.25, -0.2) is 0 Å². The number of nitrogens with zero attached hydrogens (tertiary/aromatic N) is 1. The van der Waals surface area contributed by atoms with Crippen molar-refractivity contribution in [3.63, 3.8) is 0 Å². The zero-order valence-corrected chi connectivity index (χ0v) is 9.31. The van der Waals surface area contributed by atoms with Gasteiger partial charge in [-0.1, -0.05) is 6.07 Å². The fraction of sp³-hybridized carbons (Fsp3) is 0.417. The van der Waals surface area contributed by atoms with Gasteiger partial charge in [0, 0.05) is 18.8 Å². The third-order valence-electron chi connectivity index (χ3n) is 2.05. The molecule has 0 spiro atoms. The number of aliphatic hydroxyl groups is 1. The fourth-order valence-corrected chi connectivity index (χ4v) is 1.25. The highest BCUT2D eigenvalue weighted by atomic mass is 16.5. The Morgan fingerprint density at radius 1 is 1.56 bits per heavy atom. The van der Waals surface area contributed by atoms with Crippen molar-refractivity contribution in [1.82, 2.24) is 0 Å². The number of ether oxygens (including phenoxy) is 1. The molecule has 0 amide bonds. The van der Waals surface area contributed by atoms with Crippen LogP contribution in [0, 0.1) is 11.3 Å². The minimum Gasteiger partial charge on any atom is -0.389 e. The van der Waals surface area contributed by atoms with Crippen molar-refractivity contribution in [3.05, 3.63) is 29.8 Å². The van der Waals surface area contributed by atoms with Gasteiger partial charge in [0.25, 0.3) is 0 Å². The van der Waals surface area contributed by atoms with E-state index in [2.05, 4.69) is 11.4 Å². The maximum absolute atomic E-state index is 9.52. The van der Waals surface area contributed by atoms with Gasteiger partial charge in [-0.15, -0.1) is 0 Å². The highest BCUT2D eigenvalue weighted by molar-refractivity contribution is 5.49. The maximum atomic E-state index is 9.52. The molecule has 4 nitrogen and oxygen atoms in total. The van der Waals surface area contributed by atoms with Crippen LogP contribution in [0.4, 0.5) is 5.69 Å². The molecule has 0 fully saturated rings. The summed E-state index contributed by atoms with van der Waals surface area (Å²) in [6, 6.07) is 9.20. The van der Waals surface area contributed by atoms with Crippen LogP contribution in [-0.2, 0) is 4.74 Å². The van der Waals surface area contributed by atoms with E-state index in [0.29, 0.717) is 25.3 Å². The number of hydrogen-bond donors (Lipinski definition) is 2.